The molecule has 0 atom stereocenters. The number of hydrogen-bond acceptors (Lipinski definition) is 2. The van der Waals surface area contributed by atoms with Gasteiger partial charge in [-0.2, -0.15) is 0 Å². The molecule has 0 aliphatic rings. The van der Waals surface area contributed by atoms with Crippen molar-refractivity contribution in [2.75, 3.05) is 0 Å². The molecular formula is C18H21ClO2. The van der Waals surface area contributed by atoms with E-state index in [4.69, 9.17) is 11.6 Å². The quantitative estimate of drug-likeness (QED) is 0.612. The summed E-state index contributed by atoms with van der Waals surface area (Å²) in [7, 11) is 0. The summed E-state index contributed by atoms with van der Waals surface area (Å²) in [6.45, 7) is 4.14. The van der Waals surface area contributed by atoms with Gasteiger partial charge in [0.2, 0.25) is 0 Å². The number of aliphatic hydroxyl groups is 1. The standard InChI is InChI=1S/C18H21ClO2/c1-3-4-5-6-14-12(2)17(11-21)18(19)15-8-7-13(10-20)9-16(14)15/h7-9,11,20H,3-6,10H2,1-2H3. The minimum absolute atomic E-state index is 0.0104. The molecule has 0 saturated heterocycles. The highest BCUT2D eigenvalue weighted by atomic mass is 35.5. The number of unbranched alkanes of at least 4 members (excludes halogenated alkanes) is 2. The van der Waals surface area contributed by atoms with E-state index in [1.165, 1.54) is 12.0 Å². The number of carbonyl (C=O) groups is 1. The summed E-state index contributed by atoms with van der Waals surface area (Å²) in [5.41, 5.74) is 3.61. The molecule has 0 amide bonds. The van der Waals surface area contributed by atoms with Gasteiger partial charge in [-0.1, -0.05) is 43.5 Å². The Balaban J connectivity index is 2.68. The molecule has 2 aromatic rings. The number of halogens is 1. The smallest absolute Gasteiger partial charge is 0.151 e. The number of aryl methyl sites for hydroxylation is 1. The first-order valence-corrected chi connectivity index (χ1v) is 7.81. The van der Waals surface area contributed by atoms with Crippen molar-refractivity contribution >= 4 is 28.7 Å². The van der Waals surface area contributed by atoms with Crippen LogP contribution < -0.4 is 0 Å². The van der Waals surface area contributed by atoms with Gasteiger partial charge in [0.15, 0.2) is 6.29 Å². The summed E-state index contributed by atoms with van der Waals surface area (Å²) in [4.78, 5) is 11.4. The van der Waals surface area contributed by atoms with Gasteiger partial charge < -0.3 is 5.11 Å². The molecule has 0 spiro atoms. The van der Waals surface area contributed by atoms with Crippen molar-refractivity contribution in [3.05, 3.63) is 45.5 Å². The molecular weight excluding hydrogens is 284 g/mol. The second-order valence-electron chi connectivity index (χ2n) is 5.44. The van der Waals surface area contributed by atoms with Gasteiger partial charge in [-0.25, -0.2) is 0 Å². The van der Waals surface area contributed by atoms with Crippen molar-refractivity contribution < 1.29 is 9.90 Å². The maximum atomic E-state index is 11.4. The highest BCUT2D eigenvalue weighted by Gasteiger charge is 2.15. The highest BCUT2D eigenvalue weighted by Crippen LogP contribution is 2.34. The topological polar surface area (TPSA) is 37.3 Å². The van der Waals surface area contributed by atoms with Crippen molar-refractivity contribution in [1.82, 2.24) is 0 Å². The minimum atomic E-state index is 0.0104. The summed E-state index contributed by atoms with van der Waals surface area (Å²) >= 11 is 6.38. The van der Waals surface area contributed by atoms with Crippen LogP contribution in [-0.2, 0) is 13.0 Å². The second-order valence-corrected chi connectivity index (χ2v) is 5.82. The van der Waals surface area contributed by atoms with Crippen molar-refractivity contribution in [2.45, 2.75) is 46.1 Å². The fourth-order valence-electron chi connectivity index (χ4n) is 2.82. The van der Waals surface area contributed by atoms with Crippen LogP contribution >= 0.6 is 11.6 Å². The Bertz CT molecular complexity index is 662. The molecule has 0 unspecified atom stereocenters. The third-order valence-electron chi connectivity index (χ3n) is 4.07. The number of aldehydes is 1. The molecule has 0 aliphatic heterocycles. The highest BCUT2D eigenvalue weighted by molar-refractivity contribution is 6.38. The van der Waals surface area contributed by atoms with Gasteiger partial charge in [-0.05, 0) is 47.9 Å². The second kappa shape index (κ2) is 7.06. The van der Waals surface area contributed by atoms with Crippen LogP contribution in [0.2, 0.25) is 5.02 Å². The van der Waals surface area contributed by atoms with Crippen LogP contribution in [0.15, 0.2) is 18.2 Å². The first-order chi connectivity index (χ1) is 10.1. The molecule has 3 heteroatoms. The molecule has 0 bridgehead atoms. The van der Waals surface area contributed by atoms with Crippen LogP contribution in [-0.4, -0.2) is 11.4 Å². The number of carbonyl (C=O) groups excluding carboxylic acids is 1. The summed E-state index contributed by atoms with van der Waals surface area (Å²) in [6, 6.07) is 5.75. The third-order valence-corrected chi connectivity index (χ3v) is 4.48. The van der Waals surface area contributed by atoms with Crippen LogP contribution in [0.3, 0.4) is 0 Å². The molecule has 2 rings (SSSR count). The van der Waals surface area contributed by atoms with Gasteiger partial charge in [0.25, 0.3) is 0 Å². The summed E-state index contributed by atoms with van der Waals surface area (Å²) in [5.74, 6) is 0. The lowest BCUT2D eigenvalue weighted by Gasteiger charge is -2.15. The van der Waals surface area contributed by atoms with Crippen LogP contribution in [0.1, 0.15) is 53.2 Å². The SMILES string of the molecule is CCCCCc1c(C)c(C=O)c(Cl)c2ccc(CO)cc12. The molecule has 2 nitrogen and oxygen atoms in total. The average Bonchev–Trinajstić information content (AvgIpc) is 2.50. The molecule has 0 radical (unpaired) electrons. The van der Waals surface area contributed by atoms with Gasteiger partial charge in [0.05, 0.1) is 11.6 Å². The van der Waals surface area contributed by atoms with Crippen LogP contribution in [0.5, 0.6) is 0 Å². The van der Waals surface area contributed by atoms with Crippen molar-refractivity contribution in [2.24, 2.45) is 0 Å². The number of aliphatic hydroxyl groups excluding tert-OH is 1. The van der Waals surface area contributed by atoms with Crippen LogP contribution in [0.4, 0.5) is 0 Å². The Kier molecular flexibility index (Phi) is 5.38. The number of benzene rings is 2. The molecule has 21 heavy (non-hydrogen) atoms. The van der Waals surface area contributed by atoms with Crippen LogP contribution in [0.25, 0.3) is 10.8 Å². The third kappa shape index (κ3) is 3.12. The lowest BCUT2D eigenvalue weighted by atomic mass is 9.91. The van der Waals surface area contributed by atoms with E-state index >= 15 is 0 Å². The molecule has 2 aromatic carbocycles. The van der Waals surface area contributed by atoms with Gasteiger partial charge in [-0.3, -0.25) is 4.79 Å². The van der Waals surface area contributed by atoms with Gasteiger partial charge in [0, 0.05) is 10.9 Å². The van der Waals surface area contributed by atoms with E-state index in [1.54, 1.807) is 0 Å². The fraction of sp³-hybridized carbons (Fsp3) is 0.389. The Morgan fingerprint density at radius 1 is 1.24 bits per heavy atom. The summed E-state index contributed by atoms with van der Waals surface area (Å²) < 4.78 is 0. The van der Waals surface area contributed by atoms with Gasteiger partial charge in [-0.15, -0.1) is 0 Å². The van der Waals surface area contributed by atoms with Crippen molar-refractivity contribution in [3.8, 4) is 0 Å². The molecule has 0 saturated carbocycles. The van der Waals surface area contributed by atoms with E-state index in [1.807, 2.05) is 25.1 Å². The van der Waals surface area contributed by atoms with E-state index in [-0.39, 0.29) is 6.61 Å². The number of fused-ring (bicyclic) bond motifs is 1. The maximum Gasteiger partial charge on any atom is 0.151 e. The van der Waals surface area contributed by atoms with Gasteiger partial charge >= 0.3 is 0 Å². The molecule has 0 aromatic heterocycles. The van der Waals surface area contributed by atoms with Crippen molar-refractivity contribution in [3.63, 3.8) is 0 Å². The molecule has 112 valence electrons. The van der Waals surface area contributed by atoms with E-state index in [9.17, 15) is 9.90 Å². The molecule has 0 heterocycles. The van der Waals surface area contributed by atoms with E-state index in [0.29, 0.717) is 10.6 Å². The number of rotatable bonds is 6. The monoisotopic (exact) mass is 304 g/mol. The van der Waals surface area contributed by atoms with E-state index in [2.05, 4.69) is 6.92 Å². The Labute approximate surface area is 130 Å². The molecule has 1 N–H and O–H groups in total. The normalized spacial score (nSPS) is 11.0. The van der Waals surface area contributed by atoms with E-state index < -0.39 is 0 Å². The first kappa shape index (κ1) is 16.0. The van der Waals surface area contributed by atoms with Crippen LogP contribution in [0, 0.1) is 6.92 Å². The van der Waals surface area contributed by atoms with Gasteiger partial charge in [0.1, 0.15) is 0 Å². The fourth-order valence-corrected chi connectivity index (χ4v) is 3.17. The maximum absolute atomic E-state index is 11.4. The largest absolute Gasteiger partial charge is 0.392 e. The number of hydrogen-bond donors (Lipinski definition) is 1. The van der Waals surface area contributed by atoms with E-state index in [0.717, 1.165) is 47.4 Å². The molecule has 0 fully saturated rings. The Morgan fingerprint density at radius 3 is 2.62 bits per heavy atom. The van der Waals surface area contributed by atoms with Crippen molar-refractivity contribution in [1.29, 1.82) is 0 Å². The average molecular weight is 305 g/mol. The predicted octanol–water partition coefficient (Wildman–Crippen LogP) is 4.84. The zero-order valence-electron chi connectivity index (χ0n) is 12.6. The zero-order chi connectivity index (χ0) is 15.4. The zero-order valence-corrected chi connectivity index (χ0v) is 13.3. The summed E-state index contributed by atoms with van der Waals surface area (Å²) in [5, 5.41) is 11.8. The lowest BCUT2D eigenvalue weighted by molar-refractivity contribution is 0.112. The molecule has 0 aliphatic carbocycles. The first-order valence-electron chi connectivity index (χ1n) is 7.43. The predicted molar refractivity (Wildman–Crippen MR) is 88.2 cm³/mol. The minimum Gasteiger partial charge on any atom is -0.392 e. The Hall–Kier alpha value is -1.38. The Morgan fingerprint density at radius 2 is 2.00 bits per heavy atom. The lowest BCUT2D eigenvalue weighted by Crippen LogP contribution is -2.00. The summed E-state index contributed by atoms with van der Waals surface area (Å²) in [6.07, 6.45) is 5.20.